The van der Waals surface area contributed by atoms with Crippen molar-refractivity contribution >= 4 is 34.8 Å². The van der Waals surface area contributed by atoms with Crippen LogP contribution in [0.15, 0.2) is 72.8 Å². The molecule has 0 radical (unpaired) electrons. The summed E-state index contributed by atoms with van der Waals surface area (Å²) in [6, 6.07) is 18.7. The highest BCUT2D eigenvalue weighted by Gasteiger charge is 2.15. The Morgan fingerprint density at radius 2 is 1.50 bits per heavy atom. The number of nitrogens with zero attached hydrogens (tertiary/aromatic N) is 1. The van der Waals surface area contributed by atoms with Crippen LogP contribution >= 0.6 is 0 Å². The SMILES string of the molecule is CN(C)C(=O)c1ccc(NC(=O)COC(=O)c2ccccc2Nc2ccc(F)cc2)cc1. The molecule has 2 N–H and O–H groups in total. The van der Waals surface area contributed by atoms with Crippen LogP contribution in [-0.4, -0.2) is 43.4 Å². The minimum Gasteiger partial charge on any atom is -0.452 e. The maximum atomic E-state index is 13.1. The molecule has 3 rings (SSSR count). The first-order valence-electron chi connectivity index (χ1n) is 9.74. The number of amides is 2. The van der Waals surface area contributed by atoms with Gasteiger partial charge in [0, 0.05) is 31.0 Å². The van der Waals surface area contributed by atoms with Crippen LogP contribution in [0.25, 0.3) is 0 Å². The number of carbonyl (C=O) groups is 3. The second-order valence-corrected chi connectivity index (χ2v) is 7.08. The fourth-order valence-electron chi connectivity index (χ4n) is 2.82. The first-order chi connectivity index (χ1) is 15.3. The Hall–Kier alpha value is -4.20. The topological polar surface area (TPSA) is 87.7 Å². The normalized spacial score (nSPS) is 10.2. The number of benzene rings is 3. The van der Waals surface area contributed by atoms with Gasteiger partial charge < -0.3 is 20.3 Å². The first kappa shape index (κ1) is 22.5. The number of carbonyl (C=O) groups excluding carboxylic acids is 3. The van der Waals surface area contributed by atoms with Crippen molar-refractivity contribution in [2.75, 3.05) is 31.3 Å². The molecule has 0 heterocycles. The summed E-state index contributed by atoms with van der Waals surface area (Å²) in [5.74, 6) is -1.72. The fraction of sp³-hybridized carbons (Fsp3) is 0.125. The third-order valence-electron chi connectivity index (χ3n) is 4.43. The van der Waals surface area contributed by atoms with Gasteiger partial charge in [0.25, 0.3) is 11.8 Å². The molecule has 7 nitrogen and oxygen atoms in total. The predicted molar refractivity (Wildman–Crippen MR) is 119 cm³/mol. The standard InChI is InChI=1S/C24H22FN3O4/c1-28(2)23(30)16-7-11-19(12-8-16)27-22(29)15-32-24(31)20-5-3-4-6-21(20)26-18-13-9-17(25)10-14-18/h3-14,26H,15H2,1-2H3,(H,27,29). The van der Waals surface area contributed by atoms with Gasteiger partial charge in [-0.2, -0.15) is 0 Å². The smallest absolute Gasteiger partial charge is 0.340 e. The highest BCUT2D eigenvalue weighted by molar-refractivity contribution is 5.99. The van der Waals surface area contributed by atoms with Gasteiger partial charge >= 0.3 is 5.97 Å². The Labute approximate surface area is 184 Å². The zero-order valence-electron chi connectivity index (χ0n) is 17.6. The summed E-state index contributed by atoms with van der Waals surface area (Å²) in [6.45, 7) is -0.484. The summed E-state index contributed by atoms with van der Waals surface area (Å²) < 4.78 is 18.2. The lowest BCUT2D eigenvalue weighted by atomic mass is 10.1. The largest absolute Gasteiger partial charge is 0.452 e. The zero-order valence-corrected chi connectivity index (χ0v) is 17.6. The van der Waals surface area contributed by atoms with Crippen LogP contribution in [0.4, 0.5) is 21.5 Å². The van der Waals surface area contributed by atoms with E-state index in [4.69, 9.17) is 4.74 Å². The minimum absolute atomic E-state index is 0.148. The highest BCUT2D eigenvalue weighted by Crippen LogP contribution is 2.22. The van der Waals surface area contributed by atoms with Crippen molar-refractivity contribution in [2.45, 2.75) is 0 Å². The molecule has 0 atom stereocenters. The van der Waals surface area contributed by atoms with Gasteiger partial charge in [-0.05, 0) is 60.7 Å². The Kier molecular flexibility index (Phi) is 7.17. The van der Waals surface area contributed by atoms with E-state index >= 15 is 0 Å². The van der Waals surface area contributed by atoms with E-state index in [-0.39, 0.29) is 17.3 Å². The van der Waals surface area contributed by atoms with Crippen molar-refractivity contribution in [3.05, 3.63) is 89.7 Å². The van der Waals surface area contributed by atoms with Crippen molar-refractivity contribution in [1.82, 2.24) is 4.90 Å². The second-order valence-electron chi connectivity index (χ2n) is 7.08. The second kappa shape index (κ2) is 10.2. The van der Waals surface area contributed by atoms with E-state index in [0.717, 1.165) is 0 Å². The van der Waals surface area contributed by atoms with Crippen molar-refractivity contribution in [3.63, 3.8) is 0 Å². The van der Waals surface area contributed by atoms with Crippen molar-refractivity contribution < 1.29 is 23.5 Å². The monoisotopic (exact) mass is 435 g/mol. The Morgan fingerprint density at radius 1 is 0.875 bits per heavy atom. The number of rotatable bonds is 7. The lowest BCUT2D eigenvalue weighted by Gasteiger charge is -2.12. The van der Waals surface area contributed by atoms with Crippen LogP contribution in [0.5, 0.6) is 0 Å². The number of hydrogen-bond donors (Lipinski definition) is 2. The highest BCUT2D eigenvalue weighted by atomic mass is 19.1. The molecular formula is C24H22FN3O4. The van der Waals surface area contributed by atoms with Crippen LogP contribution in [0, 0.1) is 5.82 Å². The van der Waals surface area contributed by atoms with Gasteiger partial charge in [-0.15, -0.1) is 0 Å². The molecule has 0 bridgehead atoms. The lowest BCUT2D eigenvalue weighted by molar-refractivity contribution is -0.119. The van der Waals surface area contributed by atoms with E-state index in [9.17, 15) is 18.8 Å². The zero-order chi connectivity index (χ0) is 23.1. The summed E-state index contributed by atoms with van der Waals surface area (Å²) in [4.78, 5) is 38.0. The number of anilines is 3. The molecule has 3 aromatic rings. The maximum Gasteiger partial charge on any atom is 0.340 e. The molecule has 3 aromatic carbocycles. The third kappa shape index (κ3) is 5.91. The molecule has 0 saturated heterocycles. The average Bonchev–Trinajstić information content (AvgIpc) is 2.79. The molecule has 0 spiro atoms. The van der Waals surface area contributed by atoms with Crippen LogP contribution in [0.3, 0.4) is 0 Å². The molecule has 0 aromatic heterocycles. The Bertz CT molecular complexity index is 1110. The Balaban J connectivity index is 1.58. The first-order valence-corrected chi connectivity index (χ1v) is 9.74. The number of esters is 1. The van der Waals surface area contributed by atoms with Gasteiger partial charge in [0.1, 0.15) is 5.82 Å². The number of nitrogens with one attached hydrogen (secondary N) is 2. The predicted octanol–water partition coefficient (Wildman–Crippen LogP) is 4.07. The fourth-order valence-corrected chi connectivity index (χ4v) is 2.82. The summed E-state index contributed by atoms with van der Waals surface area (Å²) >= 11 is 0. The molecule has 0 aliphatic rings. The van der Waals surface area contributed by atoms with Gasteiger partial charge in [0.05, 0.1) is 11.3 Å². The quantitative estimate of drug-likeness (QED) is 0.547. The molecule has 32 heavy (non-hydrogen) atoms. The van der Waals surface area contributed by atoms with Crippen LogP contribution in [0.2, 0.25) is 0 Å². The molecular weight excluding hydrogens is 413 g/mol. The van der Waals surface area contributed by atoms with E-state index in [1.54, 1.807) is 74.8 Å². The van der Waals surface area contributed by atoms with Crippen LogP contribution in [0.1, 0.15) is 20.7 Å². The number of halogens is 1. The summed E-state index contributed by atoms with van der Waals surface area (Å²) in [5, 5.41) is 5.64. The molecule has 0 unspecified atom stereocenters. The minimum atomic E-state index is -0.683. The summed E-state index contributed by atoms with van der Waals surface area (Å²) in [7, 11) is 3.30. The molecule has 8 heteroatoms. The van der Waals surface area contributed by atoms with Gasteiger partial charge in [0.15, 0.2) is 6.61 Å². The molecule has 0 aliphatic carbocycles. The van der Waals surface area contributed by atoms with E-state index in [2.05, 4.69) is 10.6 Å². The van der Waals surface area contributed by atoms with E-state index in [1.165, 1.54) is 17.0 Å². The summed E-state index contributed by atoms with van der Waals surface area (Å²) in [5.41, 5.74) is 2.26. The van der Waals surface area contributed by atoms with Crippen molar-refractivity contribution in [3.8, 4) is 0 Å². The number of ether oxygens (including phenoxy) is 1. The molecule has 0 aliphatic heterocycles. The van der Waals surface area contributed by atoms with Gasteiger partial charge in [-0.25, -0.2) is 9.18 Å². The molecule has 0 saturated carbocycles. The van der Waals surface area contributed by atoms with Gasteiger partial charge in [-0.1, -0.05) is 12.1 Å². The Morgan fingerprint density at radius 3 is 2.16 bits per heavy atom. The lowest BCUT2D eigenvalue weighted by Crippen LogP contribution is -2.22. The molecule has 0 fully saturated rings. The van der Waals surface area contributed by atoms with E-state index in [0.29, 0.717) is 22.6 Å². The third-order valence-corrected chi connectivity index (χ3v) is 4.43. The van der Waals surface area contributed by atoms with E-state index in [1.807, 2.05) is 0 Å². The maximum absolute atomic E-state index is 13.1. The van der Waals surface area contributed by atoms with Crippen LogP contribution < -0.4 is 10.6 Å². The number of hydrogen-bond acceptors (Lipinski definition) is 5. The van der Waals surface area contributed by atoms with Crippen LogP contribution in [-0.2, 0) is 9.53 Å². The van der Waals surface area contributed by atoms with E-state index < -0.39 is 18.5 Å². The molecule has 164 valence electrons. The van der Waals surface area contributed by atoms with Gasteiger partial charge in [0.2, 0.25) is 0 Å². The number of para-hydroxylation sites is 1. The summed E-state index contributed by atoms with van der Waals surface area (Å²) in [6.07, 6.45) is 0. The average molecular weight is 435 g/mol. The van der Waals surface area contributed by atoms with Crippen molar-refractivity contribution in [2.24, 2.45) is 0 Å². The molecule has 2 amide bonds. The van der Waals surface area contributed by atoms with Crippen molar-refractivity contribution in [1.29, 1.82) is 0 Å². The van der Waals surface area contributed by atoms with Gasteiger partial charge in [-0.3, -0.25) is 9.59 Å².